The number of hydrogen-bond donors (Lipinski definition) is 1. The Labute approximate surface area is 202 Å². The number of pyridine rings is 1. The lowest BCUT2D eigenvalue weighted by molar-refractivity contribution is 0.335. The minimum atomic E-state index is -3.77. The average molecular weight is 486 g/mol. The number of aryl methyl sites for hydroxylation is 1. The summed E-state index contributed by atoms with van der Waals surface area (Å²) in [5.41, 5.74) is 10.5. The van der Waals surface area contributed by atoms with Crippen LogP contribution in [0.4, 0.5) is 0 Å². The smallest absolute Gasteiger partial charge is 0.243 e. The van der Waals surface area contributed by atoms with E-state index in [2.05, 4.69) is 24.0 Å². The number of benzene rings is 2. The molecule has 0 spiro atoms. The van der Waals surface area contributed by atoms with Crippen LogP contribution in [0.25, 0.3) is 11.1 Å². The summed E-state index contributed by atoms with van der Waals surface area (Å²) in [4.78, 5) is 4.49. The maximum atomic E-state index is 13.8. The third-order valence-corrected chi connectivity index (χ3v) is 8.56. The maximum Gasteiger partial charge on any atom is 0.243 e. The molecule has 3 rings (SSSR count). The van der Waals surface area contributed by atoms with Crippen LogP contribution in [0.15, 0.2) is 65.8 Å². The van der Waals surface area contributed by atoms with Crippen molar-refractivity contribution in [3.05, 3.63) is 82.6 Å². The molecule has 1 atom stereocenters. The summed E-state index contributed by atoms with van der Waals surface area (Å²) in [6.45, 7) is 6.69. The SMILES string of the molecule is CCc1cnccc1-c1cccc([C@H](C)N(CCCCN)S(=O)(=O)c2cccc(Cl)c2C)c1. The Morgan fingerprint density at radius 1 is 1.12 bits per heavy atom. The summed E-state index contributed by atoms with van der Waals surface area (Å²) in [6.07, 6.45) is 5.98. The van der Waals surface area contributed by atoms with Crippen LogP contribution >= 0.6 is 11.6 Å². The van der Waals surface area contributed by atoms with Gasteiger partial charge in [0.2, 0.25) is 10.0 Å². The summed E-state index contributed by atoms with van der Waals surface area (Å²) >= 11 is 6.26. The topological polar surface area (TPSA) is 76.3 Å². The standard InChI is InChI=1S/C26H32ClN3O2S/c1-4-21-18-29-15-13-24(21)23-10-7-9-22(17-23)20(3)30(16-6-5-14-28)33(31,32)26-12-8-11-25(27)19(26)2/h7-13,15,17-18,20H,4-6,14,16,28H2,1-3H3/t20-/m0/s1. The van der Waals surface area contributed by atoms with Crippen molar-refractivity contribution in [2.75, 3.05) is 13.1 Å². The van der Waals surface area contributed by atoms with Crippen molar-refractivity contribution in [1.82, 2.24) is 9.29 Å². The number of sulfonamides is 1. The first-order valence-corrected chi connectivity index (χ1v) is 13.1. The first-order valence-electron chi connectivity index (χ1n) is 11.3. The number of halogens is 1. The Hall–Kier alpha value is -2.25. The number of rotatable bonds is 10. The van der Waals surface area contributed by atoms with Crippen LogP contribution in [0.5, 0.6) is 0 Å². The normalized spacial score (nSPS) is 12.8. The van der Waals surface area contributed by atoms with Gasteiger partial charge in [-0.15, -0.1) is 0 Å². The molecule has 1 heterocycles. The molecule has 2 N–H and O–H groups in total. The van der Waals surface area contributed by atoms with Gasteiger partial charge in [0.1, 0.15) is 0 Å². The summed E-state index contributed by atoms with van der Waals surface area (Å²) in [6, 6.07) is 14.8. The highest BCUT2D eigenvalue weighted by Crippen LogP contribution is 2.33. The monoisotopic (exact) mass is 485 g/mol. The van der Waals surface area contributed by atoms with E-state index >= 15 is 0 Å². The number of nitrogens with zero attached hydrogens (tertiary/aromatic N) is 2. The minimum absolute atomic E-state index is 0.244. The summed E-state index contributed by atoms with van der Waals surface area (Å²) in [7, 11) is -3.77. The van der Waals surface area contributed by atoms with E-state index in [9.17, 15) is 8.42 Å². The van der Waals surface area contributed by atoms with Crippen molar-refractivity contribution >= 4 is 21.6 Å². The Balaban J connectivity index is 2.04. The summed E-state index contributed by atoms with van der Waals surface area (Å²) < 4.78 is 29.2. The quantitative estimate of drug-likeness (QED) is 0.370. The van der Waals surface area contributed by atoms with E-state index in [-0.39, 0.29) is 10.9 Å². The Bertz CT molecular complexity index is 1200. The lowest BCUT2D eigenvalue weighted by atomic mass is 9.97. The van der Waals surface area contributed by atoms with E-state index in [1.807, 2.05) is 31.3 Å². The van der Waals surface area contributed by atoms with Gasteiger partial charge in [0.05, 0.1) is 4.90 Å². The first kappa shape index (κ1) is 25.4. The van der Waals surface area contributed by atoms with Crippen molar-refractivity contribution in [3.63, 3.8) is 0 Å². The highest BCUT2D eigenvalue weighted by Gasteiger charge is 2.31. The lowest BCUT2D eigenvalue weighted by Crippen LogP contribution is -2.35. The molecule has 33 heavy (non-hydrogen) atoms. The van der Waals surface area contributed by atoms with Gasteiger partial charge in [0, 0.05) is 30.0 Å². The van der Waals surface area contributed by atoms with Gasteiger partial charge in [-0.25, -0.2) is 8.42 Å². The van der Waals surface area contributed by atoms with E-state index in [1.54, 1.807) is 35.6 Å². The van der Waals surface area contributed by atoms with Crippen molar-refractivity contribution in [1.29, 1.82) is 0 Å². The van der Waals surface area contributed by atoms with E-state index in [0.717, 1.165) is 35.1 Å². The van der Waals surface area contributed by atoms with Gasteiger partial charge in [-0.3, -0.25) is 4.98 Å². The van der Waals surface area contributed by atoms with Crippen molar-refractivity contribution in [2.45, 2.75) is 51.0 Å². The molecule has 0 aliphatic rings. The van der Waals surface area contributed by atoms with Gasteiger partial charge >= 0.3 is 0 Å². The third kappa shape index (κ3) is 5.64. The number of unbranched alkanes of at least 4 members (excludes halogenated alkanes) is 1. The van der Waals surface area contributed by atoms with Crippen LogP contribution in [0, 0.1) is 6.92 Å². The predicted octanol–water partition coefficient (Wildman–Crippen LogP) is 5.76. The van der Waals surface area contributed by atoms with Gasteiger partial charge in [-0.1, -0.05) is 42.8 Å². The molecule has 7 heteroatoms. The zero-order valence-corrected chi connectivity index (χ0v) is 21.0. The van der Waals surface area contributed by atoms with Crippen LogP contribution in [-0.2, 0) is 16.4 Å². The van der Waals surface area contributed by atoms with Gasteiger partial charge in [0.25, 0.3) is 0 Å². The van der Waals surface area contributed by atoms with Gasteiger partial charge in [-0.05, 0) is 91.7 Å². The number of hydrogen-bond acceptors (Lipinski definition) is 4. The summed E-state index contributed by atoms with van der Waals surface area (Å²) in [5, 5.41) is 0.442. The van der Waals surface area contributed by atoms with Crippen molar-refractivity contribution < 1.29 is 8.42 Å². The fourth-order valence-electron chi connectivity index (χ4n) is 4.05. The molecule has 0 saturated heterocycles. The van der Waals surface area contributed by atoms with Gasteiger partial charge in [-0.2, -0.15) is 4.31 Å². The number of nitrogens with two attached hydrogens (primary N) is 1. The highest BCUT2D eigenvalue weighted by molar-refractivity contribution is 7.89. The van der Waals surface area contributed by atoms with Gasteiger partial charge < -0.3 is 5.73 Å². The molecule has 0 fully saturated rings. The second kappa shape index (κ2) is 11.3. The maximum absolute atomic E-state index is 13.8. The fourth-order valence-corrected chi connectivity index (χ4v) is 6.19. The average Bonchev–Trinajstić information content (AvgIpc) is 2.83. The van der Waals surface area contributed by atoms with Gasteiger partial charge in [0.15, 0.2) is 0 Å². The Morgan fingerprint density at radius 2 is 1.88 bits per heavy atom. The molecule has 0 amide bonds. The lowest BCUT2D eigenvalue weighted by Gasteiger charge is -2.30. The molecule has 0 radical (unpaired) electrons. The van der Waals surface area contributed by atoms with Crippen LogP contribution in [0.3, 0.4) is 0 Å². The molecule has 1 aromatic heterocycles. The minimum Gasteiger partial charge on any atom is -0.330 e. The van der Waals surface area contributed by atoms with Crippen LogP contribution in [-0.4, -0.2) is 30.8 Å². The molecule has 0 aliphatic heterocycles. The molecule has 176 valence electrons. The Kier molecular flexibility index (Phi) is 8.65. The zero-order valence-electron chi connectivity index (χ0n) is 19.5. The fraction of sp³-hybridized carbons (Fsp3) is 0.346. The first-order chi connectivity index (χ1) is 15.8. The molecule has 5 nitrogen and oxygen atoms in total. The largest absolute Gasteiger partial charge is 0.330 e. The molecule has 0 bridgehead atoms. The molecule has 0 saturated carbocycles. The number of aromatic nitrogens is 1. The van der Waals surface area contributed by atoms with E-state index in [1.165, 1.54) is 0 Å². The molecular weight excluding hydrogens is 454 g/mol. The van der Waals surface area contributed by atoms with Crippen molar-refractivity contribution in [2.24, 2.45) is 5.73 Å². The molecular formula is C26H32ClN3O2S. The Morgan fingerprint density at radius 3 is 2.61 bits per heavy atom. The predicted molar refractivity (Wildman–Crippen MR) is 136 cm³/mol. The van der Waals surface area contributed by atoms with Crippen LogP contribution in [0.2, 0.25) is 5.02 Å². The molecule has 0 unspecified atom stereocenters. The second-order valence-electron chi connectivity index (χ2n) is 8.16. The third-order valence-electron chi connectivity index (χ3n) is 6.03. The van der Waals surface area contributed by atoms with E-state index < -0.39 is 10.0 Å². The summed E-state index contributed by atoms with van der Waals surface area (Å²) in [5.74, 6) is 0. The second-order valence-corrected chi connectivity index (χ2v) is 10.4. The zero-order chi connectivity index (χ0) is 24.0. The van der Waals surface area contributed by atoms with E-state index in [4.69, 9.17) is 17.3 Å². The molecule has 2 aromatic carbocycles. The van der Waals surface area contributed by atoms with Crippen LogP contribution < -0.4 is 5.73 Å². The van der Waals surface area contributed by atoms with Crippen molar-refractivity contribution in [3.8, 4) is 11.1 Å². The molecule has 0 aliphatic carbocycles. The molecule has 3 aromatic rings. The highest BCUT2D eigenvalue weighted by atomic mass is 35.5. The van der Waals surface area contributed by atoms with E-state index in [0.29, 0.717) is 30.1 Å². The van der Waals surface area contributed by atoms with Crippen LogP contribution in [0.1, 0.15) is 49.4 Å².